The topological polar surface area (TPSA) is 51.7 Å². The standard InChI is InChI=1S/C16H27N5O/c1-4-20(5-2)16(22)18-13-14-6-7-15(17-12-14)21-10-8-19(3)9-11-21/h6-7,12H,4-5,8-11,13H2,1-3H3,(H,18,22). The maximum absolute atomic E-state index is 11.9. The number of hydrogen-bond donors (Lipinski definition) is 1. The van der Waals surface area contributed by atoms with Crippen molar-refractivity contribution in [2.24, 2.45) is 0 Å². The molecule has 6 heteroatoms. The molecule has 1 aliphatic rings. The Bertz CT molecular complexity index is 464. The highest BCUT2D eigenvalue weighted by Gasteiger charge is 2.15. The second kappa shape index (κ2) is 7.98. The fourth-order valence-corrected chi connectivity index (χ4v) is 2.54. The van der Waals surface area contributed by atoms with Gasteiger partial charge in [-0.2, -0.15) is 0 Å². The van der Waals surface area contributed by atoms with E-state index in [0.29, 0.717) is 6.54 Å². The number of anilines is 1. The van der Waals surface area contributed by atoms with Gasteiger partial charge in [-0.3, -0.25) is 0 Å². The van der Waals surface area contributed by atoms with Gasteiger partial charge in [0.2, 0.25) is 0 Å². The second-order valence-corrected chi connectivity index (χ2v) is 5.65. The van der Waals surface area contributed by atoms with Crippen LogP contribution in [0, 0.1) is 0 Å². The average Bonchev–Trinajstić information content (AvgIpc) is 2.55. The lowest BCUT2D eigenvalue weighted by Gasteiger charge is -2.33. The maximum Gasteiger partial charge on any atom is 0.317 e. The molecule has 0 saturated carbocycles. The van der Waals surface area contributed by atoms with E-state index in [1.54, 1.807) is 4.90 Å². The van der Waals surface area contributed by atoms with Gasteiger partial charge in [0.1, 0.15) is 5.82 Å². The first-order valence-electron chi connectivity index (χ1n) is 8.05. The van der Waals surface area contributed by atoms with Crippen LogP contribution in [0.25, 0.3) is 0 Å². The molecule has 2 rings (SSSR count). The minimum Gasteiger partial charge on any atom is -0.354 e. The van der Waals surface area contributed by atoms with Crippen LogP contribution in [0.15, 0.2) is 18.3 Å². The first-order valence-corrected chi connectivity index (χ1v) is 8.05. The van der Waals surface area contributed by atoms with Crippen molar-refractivity contribution in [3.05, 3.63) is 23.9 Å². The first-order chi connectivity index (χ1) is 10.6. The van der Waals surface area contributed by atoms with Crippen LogP contribution >= 0.6 is 0 Å². The number of piperazine rings is 1. The summed E-state index contributed by atoms with van der Waals surface area (Å²) in [6.07, 6.45) is 1.86. The number of rotatable bonds is 5. The fourth-order valence-electron chi connectivity index (χ4n) is 2.54. The van der Waals surface area contributed by atoms with Crippen molar-refractivity contribution >= 4 is 11.8 Å². The van der Waals surface area contributed by atoms with E-state index in [2.05, 4.69) is 27.1 Å². The van der Waals surface area contributed by atoms with Crippen molar-refractivity contribution in [3.8, 4) is 0 Å². The van der Waals surface area contributed by atoms with Gasteiger partial charge in [-0.05, 0) is 32.5 Å². The molecule has 0 aromatic carbocycles. The average molecular weight is 305 g/mol. The first kappa shape index (κ1) is 16.5. The van der Waals surface area contributed by atoms with Crippen LogP contribution in [-0.2, 0) is 6.54 Å². The lowest BCUT2D eigenvalue weighted by Crippen LogP contribution is -2.44. The minimum atomic E-state index is -0.0202. The largest absolute Gasteiger partial charge is 0.354 e. The molecule has 0 atom stereocenters. The Morgan fingerprint density at radius 1 is 1.23 bits per heavy atom. The lowest BCUT2D eigenvalue weighted by atomic mass is 10.2. The van der Waals surface area contributed by atoms with Gasteiger partial charge < -0.3 is 20.0 Å². The summed E-state index contributed by atoms with van der Waals surface area (Å²) in [7, 11) is 2.15. The van der Waals surface area contributed by atoms with E-state index in [9.17, 15) is 4.79 Å². The summed E-state index contributed by atoms with van der Waals surface area (Å²) >= 11 is 0. The van der Waals surface area contributed by atoms with E-state index in [4.69, 9.17) is 0 Å². The molecular weight excluding hydrogens is 278 g/mol. The molecule has 1 aliphatic heterocycles. The van der Waals surface area contributed by atoms with Crippen molar-refractivity contribution < 1.29 is 4.79 Å². The van der Waals surface area contributed by atoms with Gasteiger partial charge in [-0.1, -0.05) is 6.07 Å². The molecular formula is C16H27N5O. The number of nitrogens with zero attached hydrogens (tertiary/aromatic N) is 4. The molecule has 1 aromatic rings. The van der Waals surface area contributed by atoms with E-state index < -0.39 is 0 Å². The van der Waals surface area contributed by atoms with Crippen LogP contribution in [0.3, 0.4) is 0 Å². The van der Waals surface area contributed by atoms with Crippen LogP contribution in [0.2, 0.25) is 0 Å². The Balaban J connectivity index is 1.85. The highest BCUT2D eigenvalue weighted by atomic mass is 16.2. The summed E-state index contributed by atoms with van der Waals surface area (Å²) in [6.45, 7) is 10.1. The predicted octanol–water partition coefficient (Wildman–Crippen LogP) is 1.38. The predicted molar refractivity (Wildman–Crippen MR) is 89.1 cm³/mol. The third-order valence-corrected chi connectivity index (χ3v) is 4.13. The minimum absolute atomic E-state index is 0.0202. The van der Waals surface area contributed by atoms with E-state index in [-0.39, 0.29) is 6.03 Å². The Kier molecular flexibility index (Phi) is 6.00. The SMILES string of the molecule is CCN(CC)C(=O)NCc1ccc(N2CCN(C)CC2)nc1. The third kappa shape index (κ3) is 4.34. The molecule has 1 saturated heterocycles. The number of likely N-dealkylation sites (N-methyl/N-ethyl adjacent to an activating group) is 1. The zero-order chi connectivity index (χ0) is 15.9. The van der Waals surface area contributed by atoms with Gasteiger partial charge in [0.15, 0.2) is 0 Å². The molecule has 22 heavy (non-hydrogen) atoms. The number of pyridine rings is 1. The number of aromatic nitrogens is 1. The molecule has 0 unspecified atom stereocenters. The Labute approximate surface area is 133 Å². The summed E-state index contributed by atoms with van der Waals surface area (Å²) in [5.41, 5.74) is 1.03. The smallest absolute Gasteiger partial charge is 0.317 e. The van der Waals surface area contributed by atoms with E-state index in [1.807, 2.05) is 32.2 Å². The molecule has 6 nitrogen and oxygen atoms in total. The van der Waals surface area contributed by atoms with Crippen molar-refractivity contribution in [2.75, 3.05) is 51.2 Å². The molecule has 1 N–H and O–H groups in total. The number of nitrogens with one attached hydrogen (secondary N) is 1. The monoisotopic (exact) mass is 305 g/mol. The highest BCUT2D eigenvalue weighted by molar-refractivity contribution is 5.74. The molecule has 0 bridgehead atoms. The van der Waals surface area contributed by atoms with Gasteiger partial charge in [0.05, 0.1) is 0 Å². The lowest BCUT2D eigenvalue weighted by molar-refractivity contribution is 0.203. The fraction of sp³-hybridized carbons (Fsp3) is 0.625. The molecule has 2 heterocycles. The summed E-state index contributed by atoms with van der Waals surface area (Å²) < 4.78 is 0. The number of amides is 2. The van der Waals surface area contributed by atoms with Gasteiger partial charge in [0.25, 0.3) is 0 Å². The molecule has 1 aromatic heterocycles. The second-order valence-electron chi connectivity index (χ2n) is 5.65. The molecule has 1 fully saturated rings. The Hall–Kier alpha value is -1.82. The normalized spacial score (nSPS) is 15.7. The van der Waals surface area contributed by atoms with Crippen molar-refractivity contribution in [1.82, 2.24) is 20.1 Å². The van der Waals surface area contributed by atoms with Crippen LogP contribution < -0.4 is 10.2 Å². The van der Waals surface area contributed by atoms with Crippen molar-refractivity contribution in [2.45, 2.75) is 20.4 Å². The van der Waals surface area contributed by atoms with Gasteiger partial charge in [-0.15, -0.1) is 0 Å². The van der Waals surface area contributed by atoms with Gasteiger partial charge in [-0.25, -0.2) is 9.78 Å². The van der Waals surface area contributed by atoms with Crippen LogP contribution in [-0.4, -0.2) is 67.1 Å². The molecule has 122 valence electrons. The summed E-state index contributed by atoms with van der Waals surface area (Å²) in [5, 5.41) is 2.93. The molecule has 2 amide bonds. The number of carbonyl (C=O) groups excluding carboxylic acids is 1. The number of carbonyl (C=O) groups is 1. The van der Waals surface area contributed by atoms with Gasteiger partial charge >= 0.3 is 6.03 Å². The summed E-state index contributed by atoms with van der Waals surface area (Å²) in [4.78, 5) is 22.8. The zero-order valence-corrected chi connectivity index (χ0v) is 13.9. The molecule has 0 radical (unpaired) electrons. The number of hydrogen-bond acceptors (Lipinski definition) is 4. The van der Waals surface area contributed by atoms with Gasteiger partial charge in [0, 0.05) is 52.0 Å². The van der Waals surface area contributed by atoms with Crippen LogP contribution in [0.4, 0.5) is 10.6 Å². The zero-order valence-electron chi connectivity index (χ0n) is 13.9. The molecule has 0 aliphatic carbocycles. The Morgan fingerprint density at radius 2 is 1.91 bits per heavy atom. The highest BCUT2D eigenvalue weighted by Crippen LogP contribution is 2.13. The quantitative estimate of drug-likeness (QED) is 0.893. The van der Waals surface area contributed by atoms with Crippen LogP contribution in [0.1, 0.15) is 19.4 Å². The van der Waals surface area contributed by atoms with E-state index >= 15 is 0 Å². The summed E-state index contributed by atoms with van der Waals surface area (Å²) in [5.74, 6) is 1.02. The maximum atomic E-state index is 11.9. The van der Waals surface area contributed by atoms with Crippen molar-refractivity contribution in [3.63, 3.8) is 0 Å². The Morgan fingerprint density at radius 3 is 2.45 bits per heavy atom. The summed E-state index contributed by atoms with van der Waals surface area (Å²) in [6, 6.07) is 4.07. The van der Waals surface area contributed by atoms with E-state index in [1.165, 1.54) is 0 Å². The van der Waals surface area contributed by atoms with Crippen molar-refractivity contribution in [1.29, 1.82) is 0 Å². The van der Waals surface area contributed by atoms with Crippen LogP contribution in [0.5, 0.6) is 0 Å². The number of urea groups is 1. The third-order valence-electron chi connectivity index (χ3n) is 4.13. The molecule has 0 spiro atoms. The van der Waals surface area contributed by atoms with E-state index in [0.717, 1.165) is 50.6 Å².